The number of benzene rings is 2. The monoisotopic (exact) mass is 322 g/mol. The minimum Gasteiger partial charge on any atom is -0.507 e. The van der Waals surface area contributed by atoms with Crippen molar-refractivity contribution in [2.24, 2.45) is 0 Å². The van der Waals surface area contributed by atoms with Crippen molar-refractivity contribution in [2.75, 3.05) is 0 Å². The summed E-state index contributed by atoms with van der Waals surface area (Å²) in [6.45, 7) is 0. The Balaban J connectivity index is 2.54. The van der Waals surface area contributed by atoms with Crippen molar-refractivity contribution in [3.05, 3.63) is 59.2 Å². The first-order valence-electron chi connectivity index (χ1n) is 5.89. The normalized spacial score (nSPS) is 11.1. The van der Waals surface area contributed by atoms with E-state index in [1.54, 1.807) is 0 Å². The number of phenolic OH excluding ortho intramolecular Hbond substituents is 1. The maximum Gasteiger partial charge on any atom is 0.336 e. The number of carboxylic acid groups (broad SMARTS) is 1. The number of hydrogen-bond donors (Lipinski definition) is 3. The molecule has 0 aliphatic heterocycles. The first-order valence-corrected chi connectivity index (χ1v) is 7.33. The molecule has 0 fully saturated rings. The summed E-state index contributed by atoms with van der Waals surface area (Å²) in [5, 5.41) is 18.8. The van der Waals surface area contributed by atoms with Crippen molar-refractivity contribution < 1.29 is 32.8 Å². The third-order valence-electron chi connectivity index (χ3n) is 2.91. The van der Waals surface area contributed by atoms with Crippen molar-refractivity contribution in [3.63, 3.8) is 0 Å². The average molecular weight is 322 g/mol. The van der Waals surface area contributed by atoms with Gasteiger partial charge in [-0.15, -0.1) is 0 Å². The Labute approximate surface area is 125 Å². The van der Waals surface area contributed by atoms with E-state index in [4.69, 9.17) is 9.66 Å². The van der Waals surface area contributed by atoms with Gasteiger partial charge < -0.3 is 10.2 Å². The first-order chi connectivity index (χ1) is 10.2. The van der Waals surface area contributed by atoms with Gasteiger partial charge in [0.05, 0.1) is 16.0 Å². The molecule has 114 valence electrons. The number of carbonyl (C=O) groups is 2. The van der Waals surface area contributed by atoms with E-state index in [1.807, 2.05) is 0 Å². The standard InChI is InChI=1S/C14H10O7S/c15-12-7-8(22(19,20)21)5-6-11(12)13(16)9-3-1-2-4-10(9)14(17)18/h1-7,15H,(H,17,18)(H,19,20,21). The van der Waals surface area contributed by atoms with Crippen LogP contribution in [0.5, 0.6) is 5.75 Å². The molecular formula is C14H10O7S. The number of ketones is 1. The third kappa shape index (κ3) is 2.97. The lowest BCUT2D eigenvalue weighted by Gasteiger charge is -2.07. The minimum absolute atomic E-state index is 0.148. The van der Waals surface area contributed by atoms with E-state index < -0.39 is 32.5 Å². The van der Waals surface area contributed by atoms with Crippen LogP contribution >= 0.6 is 0 Å². The number of phenols is 1. The molecule has 22 heavy (non-hydrogen) atoms. The van der Waals surface area contributed by atoms with Gasteiger partial charge >= 0.3 is 5.97 Å². The van der Waals surface area contributed by atoms with E-state index in [9.17, 15) is 23.1 Å². The van der Waals surface area contributed by atoms with Gasteiger partial charge in [-0.1, -0.05) is 18.2 Å². The Morgan fingerprint density at radius 3 is 2.00 bits per heavy atom. The lowest BCUT2D eigenvalue weighted by Crippen LogP contribution is -2.10. The molecule has 0 aromatic heterocycles. The maximum atomic E-state index is 12.3. The highest BCUT2D eigenvalue weighted by Crippen LogP contribution is 2.25. The molecule has 0 saturated carbocycles. The smallest absolute Gasteiger partial charge is 0.336 e. The van der Waals surface area contributed by atoms with Gasteiger partial charge in [0.25, 0.3) is 10.1 Å². The molecule has 8 heteroatoms. The summed E-state index contributed by atoms with van der Waals surface area (Å²) in [5.74, 6) is -2.77. The van der Waals surface area contributed by atoms with Crippen molar-refractivity contribution >= 4 is 21.9 Å². The molecule has 7 nitrogen and oxygen atoms in total. The Morgan fingerprint density at radius 1 is 0.909 bits per heavy atom. The molecule has 0 aliphatic rings. The average Bonchev–Trinajstić information content (AvgIpc) is 2.45. The molecule has 0 aliphatic carbocycles. The summed E-state index contributed by atoms with van der Waals surface area (Å²) in [7, 11) is -4.52. The van der Waals surface area contributed by atoms with Crippen LogP contribution in [0.25, 0.3) is 0 Å². The number of carbonyl (C=O) groups excluding carboxylic acids is 1. The summed E-state index contributed by atoms with van der Waals surface area (Å²) in [5.41, 5.74) is -0.670. The number of carboxylic acids is 1. The quantitative estimate of drug-likeness (QED) is 0.575. The first kappa shape index (κ1) is 15.7. The molecule has 0 spiro atoms. The predicted molar refractivity (Wildman–Crippen MR) is 74.8 cm³/mol. The predicted octanol–water partition coefficient (Wildman–Crippen LogP) is 1.57. The molecule has 2 aromatic carbocycles. The summed E-state index contributed by atoms with van der Waals surface area (Å²) in [4.78, 5) is 22.8. The van der Waals surface area contributed by atoms with Crippen LogP contribution in [0.15, 0.2) is 47.4 Å². The SMILES string of the molecule is O=C(O)c1ccccc1C(=O)c1ccc(S(=O)(=O)O)cc1O. The zero-order valence-electron chi connectivity index (χ0n) is 10.9. The fourth-order valence-electron chi connectivity index (χ4n) is 1.88. The van der Waals surface area contributed by atoms with E-state index in [1.165, 1.54) is 24.3 Å². The molecule has 3 N–H and O–H groups in total. The zero-order valence-corrected chi connectivity index (χ0v) is 11.7. The Morgan fingerprint density at radius 2 is 1.50 bits per heavy atom. The van der Waals surface area contributed by atoms with E-state index in [2.05, 4.69) is 0 Å². The van der Waals surface area contributed by atoms with Crippen LogP contribution in [0.2, 0.25) is 0 Å². The lowest BCUT2D eigenvalue weighted by molar-refractivity contribution is 0.0692. The largest absolute Gasteiger partial charge is 0.507 e. The second kappa shape index (κ2) is 5.58. The third-order valence-corrected chi connectivity index (χ3v) is 3.76. The van der Waals surface area contributed by atoms with Gasteiger partial charge in [-0.25, -0.2) is 4.79 Å². The number of rotatable bonds is 4. The molecule has 0 heterocycles. The van der Waals surface area contributed by atoms with Gasteiger partial charge in [0, 0.05) is 11.6 Å². The fraction of sp³-hybridized carbons (Fsp3) is 0. The second-order valence-corrected chi connectivity index (χ2v) is 5.76. The Kier molecular flexibility index (Phi) is 3.98. The van der Waals surface area contributed by atoms with E-state index in [-0.39, 0.29) is 16.7 Å². The van der Waals surface area contributed by atoms with Crippen LogP contribution in [0.3, 0.4) is 0 Å². The lowest BCUT2D eigenvalue weighted by atomic mass is 9.98. The molecule has 0 unspecified atom stereocenters. The second-order valence-electron chi connectivity index (χ2n) is 4.33. The fourth-order valence-corrected chi connectivity index (χ4v) is 2.38. The molecule has 0 bridgehead atoms. The van der Waals surface area contributed by atoms with Gasteiger partial charge in [-0.05, 0) is 18.2 Å². The van der Waals surface area contributed by atoms with Gasteiger partial charge in [-0.3, -0.25) is 9.35 Å². The van der Waals surface area contributed by atoms with Crippen LogP contribution < -0.4 is 0 Å². The van der Waals surface area contributed by atoms with Crippen LogP contribution in [-0.2, 0) is 10.1 Å². The Hall–Kier alpha value is -2.71. The van der Waals surface area contributed by atoms with Gasteiger partial charge in [0.15, 0.2) is 5.78 Å². The molecule has 2 rings (SSSR count). The van der Waals surface area contributed by atoms with Crippen molar-refractivity contribution in [2.45, 2.75) is 4.90 Å². The molecule has 0 radical (unpaired) electrons. The molecule has 0 atom stereocenters. The van der Waals surface area contributed by atoms with Gasteiger partial charge in [0.1, 0.15) is 5.75 Å². The molecule has 0 saturated heterocycles. The number of hydrogen-bond acceptors (Lipinski definition) is 5. The molecular weight excluding hydrogens is 312 g/mol. The van der Waals surface area contributed by atoms with E-state index in [0.717, 1.165) is 12.1 Å². The minimum atomic E-state index is -4.52. The summed E-state index contributed by atoms with van der Waals surface area (Å²) in [6.07, 6.45) is 0. The molecule has 2 aromatic rings. The van der Waals surface area contributed by atoms with E-state index >= 15 is 0 Å². The highest BCUT2D eigenvalue weighted by atomic mass is 32.2. The van der Waals surface area contributed by atoms with Crippen molar-refractivity contribution in [3.8, 4) is 5.75 Å². The van der Waals surface area contributed by atoms with Crippen molar-refractivity contribution in [1.82, 2.24) is 0 Å². The maximum absolute atomic E-state index is 12.3. The topological polar surface area (TPSA) is 129 Å². The Bertz CT molecular complexity index is 869. The summed E-state index contributed by atoms with van der Waals surface area (Å²) in [6, 6.07) is 8.07. The summed E-state index contributed by atoms with van der Waals surface area (Å²) >= 11 is 0. The summed E-state index contributed by atoms with van der Waals surface area (Å²) < 4.78 is 30.8. The van der Waals surface area contributed by atoms with Gasteiger partial charge in [-0.2, -0.15) is 8.42 Å². The number of aromatic carboxylic acids is 1. The van der Waals surface area contributed by atoms with Crippen molar-refractivity contribution in [1.29, 1.82) is 0 Å². The zero-order chi connectivity index (χ0) is 16.5. The molecule has 0 amide bonds. The van der Waals surface area contributed by atoms with Crippen LogP contribution in [0.1, 0.15) is 26.3 Å². The van der Waals surface area contributed by atoms with Crippen LogP contribution in [-0.4, -0.2) is 34.9 Å². The van der Waals surface area contributed by atoms with E-state index in [0.29, 0.717) is 6.07 Å². The highest BCUT2D eigenvalue weighted by molar-refractivity contribution is 7.85. The highest BCUT2D eigenvalue weighted by Gasteiger charge is 2.21. The van der Waals surface area contributed by atoms with Gasteiger partial charge in [0.2, 0.25) is 0 Å². The van der Waals surface area contributed by atoms with Crippen LogP contribution in [0.4, 0.5) is 0 Å². The number of aromatic hydroxyl groups is 1. The van der Waals surface area contributed by atoms with Crippen LogP contribution in [0, 0.1) is 0 Å².